The summed E-state index contributed by atoms with van der Waals surface area (Å²) in [6.07, 6.45) is 3.85. The number of pyridine rings is 1. The Balaban J connectivity index is 2.09. The average Bonchev–Trinajstić information content (AvgIpc) is 2.35. The van der Waals surface area contributed by atoms with E-state index in [4.69, 9.17) is 10.8 Å². The molecule has 0 spiro atoms. The van der Waals surface area contributed by atoms with E-state index in [1.54, 1.807) is 12.1 Å². The van der Waals surface area contributed by atoms with Crippen molar-refractivity contribution in [2.24, 2.45) is 5.73 Å². The number of aromatic nitrogens is 1. The van der Waals surface area contributed by atoms with Gasteiger partial charge in [0, 0.05) is 18.3 Å². The summed E-state index contributed by atoms with van der Waals surface area (Å²) in [6, 6.07) is 3.23. The molecule has 1 amide bonds. The Morgan fingerprint density at radius 2 is 2.21 bits per heavy atom. The van der Waals surface area contributed by atoms with Gasteiger partial charge < -0.3 is 16.2 Å². The third kappa shape index (κ3) is 3.08. The van der Waals surface area contributed by atoms with Crippen molar-refractivity contribution in [1.82, 2.24) is 10.3 Å². The lowest BCUT2D eigenvalue weighted by molar-refractivity contribution is -0.139. The molecule has 1 saturated carbocycles. The van der Waals surface area contributed by atoms with Crippen LogP contribution in [0.25, 0.3) is 0 Å². The normalized spacial score (nSPS) is 16.5. The number of carbonyl (C=O) groups excluding carboxylic acids is 1. The number of nitrogens with one attached hydrogen (secondary N) is 1. The summed E-state index contributed by atoms with van der Waals surface area (Å²) in [5.41, 5.74) is 5.99. The largest absolute Gasteiger partial charge is 0.481 e. The number of carbonyl (C=O) groups is 2. The zero-order valence-electron chi connectivity index (χ0n) is 10.6. The maximum absolute atomic E-state index is 12.1. The number of carboxylic acid groups (broad SMARTS) is 1. The predicted molar refractivity (Wildman–Crippen MR) is 68.4 cm³/mol. The first kappa shape index (κ1) is 13.5. The summed E-state index contributed by atoms with van der Waals surface area (Å²) in [5, 5.41) is 11.7. The number of nitrogens with two attached hydrogens (primary N) is 1. The molecule has 1 aliphatic carbocycles. The first-order valence-corrected chi connectivity index (χ1v) is 6.24. The molecule has 1 aliphatic rings. The fourth-order valence-corrected chi connectivity index (χ4v) is 2.28. The minimum absolute atomic E-state index is 0.0342. The molecular formula is C13H17N3O3. The highest BCUT2D eigenvalue weighted by Crippen LogP contribution is 2.35. The van der Waals surface area contributed by atoms with Crippen LogP contribution in [-0.4, -0.2) is 27.5 Å². The summed E-state index contributed by atoms with van der Waals surface area (Å²) in [4.78, 5) is 27.0. The van der Waals surface area contributed by atoms with Crippen LogP contribution >= 0.6 is 0 Å². The van der Waals surface area contributed by atoms with E-state index in [9.17, 15) is 9.59 Å². The molecule has 0 atom stereocenters. The van der Waals surface area contributed by atoms with Crippen LogP contribution in [0, 0.1) is 0 Å². The van der Waals surface area contributed by atoms with Gasteiger partial charge in [-0.3, -0.25) is 14.6 Å². The SMILES string of the molecule is NCc1cc(C(=O)NC2(CC(=O)O)CCC2)ccn1. The number of hydrogen-bond donors (Lipinski definition) is 3. The molecule has 0 saturated heterocycles. The Kier molecular flexibility index (Phi) is 3.80. The fraction of sp³-hybridized carbons (Fsp3) is 0.462. The Labute approximate surface area is 111 Å². The smallest absolute Gasteiger partial charge is 0.305 e. The van der Waals surface area contributed by atoms with Crippen molar-refractivity contribution in [2.75, 3.05) is 0 Å². The van der Waals surface area contributed by atoms with E-state index in [1.165, 1.54) is 6.20 Å². The number of hydrogen-bond acceptors (Lipinski definition) is 4. The molecule has 2 rings (SSSR count). The van der Waals surface area contributed by atoms with Crippen molar-refractivity contribution in [3.05, 3.63) is 29.6 Å². The predicted octanol–water partition coefficient (Wildman–Crippen LogP) is 0.667. The second-order valence-corrected chi connectivity index (χ2v) is 4.90. The van der Waals surface area contributed by atoms with E-state index in [2.05, 4.69) is 10.3 Å². The van der Waals surface area contributed by atoms with Gasteiger partial charge in [0.25, 0.3) is 5.91 Å². The molecule has 6 heteroatoms. The quantitative estimate of drug-likeness (QED) is 0.724. The van der Waals surface area contributed by atoms with Crippen molar-refractivity contribution in [3.8, 4) is 0 Å². The lowest BCUT2D eigenvalue weighted by atomic mass is 9.74. The minimum Gasteiger partial charge on any atom is -0.481 e. The van der Waals surface area contributed by atoms with Crippen molar-refractivity contribution in [2.45, 2.75) is 37.8 Å². The zero-order chi connectivity index (χ0) is 13.9. The molecule has 102 valence electrons. The summed E-state index contributed by atoms with van der Waals surface area (Å²) in [5.74, 6) is -1.16. The highest BCUT2D eigenvalue weighted by atomic mass is 16.4. The maximum atomic E-state index is 12.1. The Bertz CT molecular complexity index is 498. The van der Waals surface area contributed by atoms with Gasteiger partial charge in [-0.05, 0) is 31.4 Å². The minimum atomic E-state index is -0.891. The average molecular weight is 263 g/mol. The van der Waals surface area contributed by atoms with Gasteiger partial charge in [0.1, 0.15) is 0 Å². The van der Waals surface area contributed by atoms with Crippen LogP contribution in [0.2, 0.25) is 0 Å². The zero-order valence-corrected chi connectivity index (χ0v) is 10.6. The topological polar surface area (TPSA) is 105 Å². The Morgan fingerprint density at radius 1 is 1.47 bits per heavy atom. The molecule has 0 aliphatic heterocycles. The van der Waals surface area contributed by atoms with Crippen molar-refractivity contribution in [1.29, 1.82) is 0 Å². The lowest BCUT2D eigenvalue weighted by Crippen LogP contribution is -2.54. The Morgan fingerprint density at radius 3 is 2.74 bits per heavy atom. The number of amides is 1. The van der Waals surface area contributed by atoms with Crippen LogP contribution in [0.15, 0.2) is 18.3 Å². The van der Waals surface area contributed by atoms with E-state index in [0.717, 1.165) is 6.42 Å². The summed E-state index contributed by atoms with van der Waals surface area (Å²) in [6.45, 7) is 0.265. The number of aliphatic carboxylic acids is 1. The highest BCUT2D eigenvalue weighted by Gasteiger charge is 2.40. The van der Waals surface area contributed by atoms with Gasteiger partial charge in [-0.2, -0.15) is 0 Å². The number of rotatable bonds is 5. The van der Waals surface area contributed by atoms with Crippen molar-refractivity contribution < 1.29 is 14.7 Å². The molecular weight excluding hydrogens is 246 g/mol. The maximum Gasteiger partial charge on any atom is 0.305 e. The molecule has 1 fully saturated rings. The number of carboxylic acids is 1. The van der Waals surface area contributed by atoms with Crippen molar-refractivity contribution in [3.63, 3.8) is 0 Å². The van der Waals surface area contributed by atoms with Gasteiger partial charge in [-0.25, -0.2) is 0 Å². The third-order valence-electron chi connectivity index (χ3n) is 3.47. The van der Waals surface area contributed by atoms with E-state index in [1.807, 2.05) is 0 Å². The van der Waals surface area contributed by atoms with Gasteiger partial charge >= 0.3 is 5.97 Å². The number of nitrogens with zero attached hydrogens (tertiary/aromatic N) is 1. The van der Waals surface area contributed by atoms with Crippen molar-refractivity contribution >= 4 is 11.9 Å². The van der Waals surface area contributed by atoms with Crippen LogP contribution < -0.4 is 11.1 Å². The van der Waals surface area contributed by atoms with Gasteiger partial charge in [0.05, 0.1) is 17.7 Å². The van der Waals surface area contributed by atoms with Gasteiger partial charge in [0.15, 0.2) is 0 Å². The van der Waals surface area contributed by atoms with E-state index >= 15 is 0 Å². The van der Waals surface area contributed by atoms with Crippen LogP contribution in [0.4, 0.5) is 0 Å². The molecule has 6 nitrogen and oxygen atoms in total. The van der Waals surface area contributed by atoms with E-state index in [0.29, 0.717) is 24.1 Å². The monoisotopic (exact) mass is 263 g/mol. The third-order valence-corrected chi connectivity index (χ3v) is 3.47. The molecule has 1 aromatic rings. The lowest BCUT2D eigenvalue weighted by Gasteiger charge is -2.41. The summed E-state index contributed by atoms with van der Waals surface area (Å²) in [7, 11) is 0. The van der Waals surface area contributed by atoms with Crippen LogP contribution in [0.3, 0.4) is 0 Å². The van der Waals surface area contributed by atoms with E-state index < -0.39 is 11.5 Å². The van der Waals surface area contributed by atoms with Gasteiger partial charge in [-0.15, -0.1) is 0 Å². The molecule has 19 heavy (non-hydrogen) atoms. The second-order valence-electron chi connectivity index (χ2n) is 4.90. The molecule has 1 aromatic heterocycles. The van der Waals surface area contributed by atoms with Crippen LogP contribution in [0.5, 0.6) is 0 Å². The second kappa shape index (κ2) is 5.36. The molecule has 4 N–H and O–H groups in total. The first-order valence-electron chi connectivity index (χ1n) is 6.24. The first-order chi connectivity index (χ1) is 9.04. The molecule has 0 aromatic carbocycles. The fourth-order valence-electron chi connectivity index (χ4n) is 2.28. The van der Waals surface area contributed by atoms with Gasteiger partial charge in [0.2, 0.25) is 0 Å². The Hall–Kier alpha value is -1.95. The van der Waals surface area contributed by atoms with E-state index in [-0.39, 0.29) is 18.9 Å². The van der Waals surface area contributed by atoms with Crippen LogP contribution in [-0.2, 0) is 11.3 Å². The highest BCUT2D eigenvalue weighted by molar-refractivity contribution is 5.95. The molecule has 1 heterocycles. The molecule has 0 bridgehead atoms. The van der Waals surface area contributed by atoms with Gasteiger partial charge in [-0.1, -0.05) is 0 Å². The molecule has 0 unspecified atom stereocenters. The molecule has 0 radical (unpaired) electrons. The summed E-state index contributed by atoms with van der Waals surface area (Å²) < 4.78 is 0. The standard InChI is InChI=1S/C13H17N3O3/c14-8-10-6-9(2-5-15-10)12(19)16-13(3-1-4-13)7-11(17)18/h2,5-6H,1,3-4,7-8,14H2,(H,16,19)(H,17,18). The van der Waals surface area contributed by atoms with Crippen LogP contribution in [0.1, 0.15) is 41.7 Å². The summed E-state index contributed by atoms with van der Waals surface area (Å²) >= 11 is 0.